The highest BCUT2D eigenvalue weighted by Crippen LogP contribution is 2.49. The van der Waals surface area contributed by atoms with Crippen molar-refractivity contribution in [1.29, 1.82) is 0 Å². The molecular formula is C28H27BrN2O. The lowest BCUT2D eigenvalue weighted by molar-refractivity contribution is 0.317. The molecule has 3 aromatic rings. The Morgan fingerprint density at radius 1 is 1.09 bits per heavy atom. The van der Waals surface area contributed by atoms with Gasteiger partial charge in [-0.25, -0.2) is 0 Å². The van der Waals surface area contributed by atoms with Crippen molar-refractivity contribution in [3.8, 4) is 5.75 Å². The molecule has 0 spiro atoms. The molecular weight excluding hydrogens is 460 g/mol. The first kappa shape index (κ1) is 21.0. The highest BCUT2D eigenvalue weighted by molar-refractivity contribution is 9.10. The van der Waals surface area contributed by atoms with E-state index in [4.69, 9.17) is 9.73 Å². The van der Waals surface area contributed by atoms with Crippen LogP contribution in [0.2, 0.25) is 0 Å². The summed E-state index contributed by atoms with van der Waals surface area (Å²) in [5.41, 5.74) is 5.89. The number of aliphatic imine (C=N–C) groups is 1. The van der Waals surface area contributed by atoms with Crippen LogP contribution >= 0.6 is 15.9 Å². The first-order chi connectivity index (χ1) is 15.7. The zero-order chi connectivity index (χ0) is 21.9. The van der Waals surface area contributed by atoms with Crippen LogP contribution in [-0.4, -0.2) is 12.8 Å². The number of nitrogens with zero attached hydrogens (tertiary/aromatic N) is 1. The molecule has 5 rings (SSSR count). The van der Waals surface area contributed by atoms with Gasteiger partial charge in [-0.15, -0.1) is 0 Å². The molecule has 0 saturated carbocycles. The summed E-state index contributed by atoms with van der Waals surface area (Å²) in [5.74, 6) is 1.91. The summed E-state index contributed by atoms with van der Waals surface area (Å²) < 4.78 is 6.89. The summed E-state index contributed by atoms with van der Waals surface area (Å²) in [6.07, 6.45) is 8.69. The van der Waals surface area contributed by atoms with Crippen LogP contribution < -0.4 is 10.1 Å². The zero-order valence-corrected chi connectivity index (χ0v) is 19.8. The maximum absolute atomic E-state index is 5.87. The van der Waals surface area contributed by atoms with E-state index in [1.165, 1.54) is 16.8 Å². The molecule has 2 aliphatic rings. The molecule has 0 unspecified atom stereocenters. The smallest absolute Gasteiger partial charge is 0.128 e. The second-order valence-corrected chi connectivity index (χ2v) is 9.36. The predicted octanol–water partition coefficient (Wildman–Crippen LogP) is 7.82. The second kappa shape index (κ2) is 9.33. The van der Waals surface area contributed by atoms with Crippen LogP contribution in [0.3, 0.4) is 0 Å². The predicted molar refractivity (Wildman–Crippen MR) is 136 cm³/mol. The van der Waals surface area contributed by atoms with Gasteiger partial charge in [0.05, 0.1) is 18.3 Å². The highest BCUT2D eigenvalue weighted by atomic mass is 79.9. The molecule has 1 aliphatic heterocycles. The fraction of sp³-hybridized carbons (Fsp3) is 0.250. The number of ether oxygens (including phenoxy) is 1. The normalized spacial score (nSPS) is 21.2. The molecule has 4 heteroatoms. The van der Waals surface area contributed by atoms with Crippen LogP contribution in [0.5, 0.6) is 5.75 Å². The number of hydrogen-bond donors (Lipinski definition) is 1. The number of allylic oxidation sites excluding steroid dienone is 2. The monoisotopic (exact) mass is 486 g/mol. The van der Waals surface area contributed by atoms with Crippen molar-refractivity contribution in [2.75, 3.05) is 11.9 Å². The van der Waals surface area contributed by atoms with E-state index in [0.29, 0.717) is 24.5 Å². The summed E-state index contributed by atoms with van der Waals surface area (Å²) in [4.78, 5) is 4.72. The summed E-state index contributed by atoms with van der Waals surface area (Å²) in [7, 11) is 0. The van der Waals surface area contributed by atoms with E-state index >= 15 is 0 Å². The minimum Gasteiger partial charge on any atom is -0.493 e. The first-order valence-electron chi connectivity index (χ1n) is 11.3. The Morgan fingerprint density at radius 3 is 2.78 bits per heavy atom. The molecule has 0 bridgehead atoms. The van der Waals surface area contributed by atoms with Gasteiger partial charge in [0.1, 0.15) is 5.75 Å². The van der Waals surface area contributed by atoms with Crippen molar-refractivity contribution in [3.63, 3.8) is 0 Å². The number of hydrogen-bond acceptors (Lipinski definition) is 3. The molecule has 32 heavy (non-hydrogen) atoms. The first-order valence-corrected chi connectivity index (χ1v) is 12.1. The van der Waals surface area contributed by atoms with E-state index in [1.54, 1.807) is 0 Å². The van der Waals surface area contributed by atoms with E-state index in [1.807, 2.05) is 24.4 Å². The molecule has 162 valence electrons. The van der Waals surface area contributed by atoms with Crippen molar-refractivity contribution in [3.05, 3.63) is 100 Å². The number of halogens is 1. The van der Waals surface area contributed by atoms with Gasteiger partial charge in [0, 0.05) is 27.9 Å². The highest BCUT2D eigenvalue weighted by Gasteiger charge is 2.37. The molecule has 0 aromatic heterocycles. The van der Waals surface area contributed by atoms with Gasteiger partial charge in [-0.3, -0.25) is 4.99 Å². The largest absolute Gasteiger partial charge is 0.493 e. The van der Waals surface area contributed by atoms with Crippen LogP contribution in [0.1, 0.15) is 48.4 Å². The third-order valence-corrected chi connectivity index (χ3v) is 6.80. The number of anilines is 1. The molecule has 0 saturated heterocycles. The Labute approximate surface area is 198 Å². The molecule has 3 aromatic carbocycles. The Kier molecular flexibility index (Phi) is 6.13. The van der Waals surface area contributed by atoms with Crippen molar-refractivity contribution < 1.29 is 4.74 Å². The van der Waals surface area contributed by atoms with E-state index in [-0.39, 0.29) is 0 Å². The third kappa shape index (κ3) is 4.24. The minimum atomic E-state index is 0.307. The SMILES string of the molecule is CCCOc1ccc(Br)cc1C=Nc1ccc([C@@H]2Nc3ccccc3[C@@H]3C=CC[C@H]32)cc1. The van der Waals surface area contributed by atoms with Gasteiger partial charge in [0.15, 0.2) is 0 Å². The van der Waals surface area contributed by atoms with Crippen molar-refractivity contribution in [2.45, 2.75) is 31.7 Å². The lowest BCUT2D eigenvalue weighted by Gasteiger charge is -2.37. The van der Waals surface area contributed by atoms with Crippen LogP contribution in [0, 0.1) is 5.92 Å². The average molecular weight is 487 g/mol. The van der Waals surface area contributed by atoms with Crippen molar-refractivity contribution in [2.24, 2.45) is 10.9 Å². The summed E-state index contributed by atoms with van der Waals surface area (Å²) >= 11 is 3.55. The average Bonchev–Trinajstić information content (AvgIpc) is 3.32. The fourth-order valence-corrected chi connectivity index (χ4v) is 5.13. The number of fused-ring (bicyclic) bond motifs is 3. The van der Waals surface area contributed by atoms with Crippen LogP contribution in [0.15, 0.2) is 88.3 Å². The lowest BCUT2D eigenvalue weighted by atomic mass is 9.77. The van der Waals surface area contributed by atoms with Gasteiger partial charge in [-0.1, -0.05) is 65.3 Å². The van der Waals surface area contributed by atoms with Gasteiger partial charge in [-0.2, -0.15) is 0 Å². The second-order valence-electron chi connectivity index (χ2n) is 8.44. The van der Waals surface area contributed by atoms with Crippen LogP contribution in [0.4, 0.5) is 11.4 Å². The van der Waals surface area contributed by atoms with Crippen LogP contribution in [0.25, 0.3) is 0 Å². The maximum atomic E-state index is 5.87. The quantitative estimate of drug-likeness (QED) is 0.284. The Balaban J connectivity index is 1.36. The molecule has 0 amide bonds. The number of para-hydroxylation sites is 1. The third-order valence-electron chi connectivity index (χ3n) is 6.31. The van der Waals surface area contributed by atoms with E-state index in [9.17, 15) is 0 Å². The fourth-order valence-electron chi connectivity index (χ4n) is 4.75. The Morgan fingerprint density at radius 2 is 1.94 bits per heavy atom. The number of benzene rings is 3. The maximum Gasteiger partial charge on any atom is 0.128 e. The Hall–Kier alpha value is -2.85. The standard InChI is InChI=1S/C28H27BrN2O/c1-2-16-32-27-15-12-21(29)17-20(27)18-30-22-13-10-19(11-14-22)28-25-8-5-7-23(25)24-6-3-4-9-26(24)31-28/h3-7,9-15,17-18,23,25,28,31H,2,8,16H2,1H3/t23-,25+,28-/m0/s1. The Bertz CT molecular complexity index is 1150. The minimum absolute atomic E-state index is 0.307. The van der Waals surface area contributed by atoms with E-state index in [2.05, 4.69) is 88.9 Å². The molecule has 0 radical (unpaired) electrons. The van der Waals surface area contributed by atoms with Gasteiger partial charge < -0.3 is 10.1 Å². The lowest BCUT2D eigenvalue weighted by Crippen LogP contribution is -2.28. The summed E-state index contributed by atoms with van der Waals surface area (Å²) in [5, 5.41) is 3.80. The molecule has 3 nitrogen and oxygen atoms in total. The number of nitrogens with one attached hydrogen (secondary N) is 1. The summed E-state index contributed by atoms with van der Waals surface area (Å²) in [6, 6.07) is 23.7. The molecule has 0 fully saturated rings. The van der Waals surface area contributed by atoms with Gasteiger partial charge >= 0.3 is 0 Å². The van der Waals surface area contributed by atoms with Gasteiger partial charge in [0.25, 0.3) is 0 Å². The van der Waals surface area contributed by atoms with Crippen molar-refractivity contribution >= 4 is 33.5 Å². The number of rotatable bonds is 6. The van der Waals surface area contributed by atoms with Gasteiger partial charge in [-0.05, 0) is 66.3 Å². The van der Waals surface area contributed by atoms with Crippen molar-refractivity contribution in [1.82, 2.24) is 0 Å². The molecule has 1 heterocycles. The molecule has 3 atom stereocenters. The summed E-state index contributed by atoms with van der Waals surface area (Å²) in [6.45, 7) is 2.81. The molecule has 1 N–H and O–H groups in total. The van der Waals surface area contributed by atoms with Gasteiger partial charge in [0.2, 0.25) is 0 Å². The van der Waals surface area contributed by atoms with E-state index in [0.717, 1.165) is 34.3 Å². The molecule has 1 aliphatic carbocycles. The topological polar surface area (TPSA) is 33.6 Å². The van der Waals surface area contributed by atoms with E-state index < -0.39 is 0 Å². The van der Waals surface area contributed by atoms with Crippen LogP contribution in [-0.2, 0) is 0 Å². The zero-order valence-electron chi connectivity index (χ0n) is 18.2.